The van der Waals surface area contributed by atoms with E-state index in [0.29, 0.717) is 17.9 Å². The number of fused-ring (bicyclic) bond motifs is 1. The summed E-state index contributed by atoms with van der Waals surface area (Å²) >= 11 is 0. The van der Waals surface area contributed by atoms with Gasteiger partial charge in [-0.3, -0.25) is 24.6 Å². The van der Waals surface area contributed by atoms with Crippen molar-refractivity contribution in [1.29, 1.82) is 0 Å². The first-order chi connectivity index (χ1) is 13.9. The zero-order chi connectivity index (χ0) is 21.0. The van der Waals surface area contributed by atoms with Gasteiger partial charge in [0.25, 0.3) is 17.5 Å². The van der Waals surface area contributed by atoms with Crippen LogP contribution in [0.2, 0.25) is 0 Å². The SMILES string of the molecule is COc1ccc(NC(=O)NCCCN2C(=O)c3ccc([N+](=O)[O-])cc3C2=O)cc1. The third kappa shape index (κ3) is 4.32. The van der Waals surface area contributed by atoms with E-state index in [1.807, 2.05) is 0 Å². The second-order valence-corrected chi connectivity index (χ2v) is 6.21. The van der Waals surface area contributed by atoms with Crippen LogP contribution in [-0.2, 0) is 0 Å². The predicted molar refractivity (Wildman–Crippen MR) is 103 cm³/mol. The average Bonchev–Trinajstić information content (AvgIpc) is 2.95. The van der Waals surface area contributed by atoms with Gasteiger partial charge in [0.2, 0.25) is 0 Å². The van der Waals surface area contributed by atoms with E-state index in [2.05, 4.69) is 10.6 Å². The Labute approximate surface area is 165 Å². The molecule has 10 nitrogen and oxygen atoms in total. The molecule has 0 spiro atoms. The number of carbonyl (C=O) groups excluding carboxylic acids is 3. The number of ether oxygens (including phenoxy) is 1. The minimum atomic E-state index is -0.619. The minimum Gasteiger partial charge on any atom is -0.497 e. The number of nitro benzene ring substituents is 1. The maximum atomic E-state index is 12.4. The largest absolute Gasteiger partial charge is 0.497 e. The molecule has 0 aromatic heterocycles. The summed E-state index contributed by atoms with van der Waals surface area (Å²) in [6.45, 7) is 0.318. The zero-order valence-electron chi connectivity index (χ0n) is 15.5. The number of rotatable bonds is 7. The van der Waals surface area contributed by atoms with Crippen LogP contribution in [0.3, 0.4) is 0 Å². The van der Waals surface area contributed by atoms with Crippen molar-refractivity contribution in [3.8, 4) is 5.75 Å². The summed E-state index contributed by atoms with van der Waals surface area (Å²) in [5.41, 5.74) is 0.508. The van der Waals surface area contributed by atoms with Crippen molar-refractivity contribution in [3.05, 3.63) is 63.7 Å². The number of methoxy groups -OCH3 is 1. The van der Waals surface area contributed by atoms with Gasteiger partial charge in [-0.15, -0.1) is 0 Å². The normalized spacial score (nSPS) is 12.5. The van der Waals surface area contributed by atoms with E-state index in [9.17, 15) is 24.5 Å². The molecule has 0 saturated heterocycles. The van der Waals surface area contributed by atoms with Gasteiger partial charge < -0.3 is 15.4 Å². The molecule has 0 radical (unpaired) electrons. The first kappa shape index (κ1) is 19.8. The lowest BCUT2D eigenvalue weighted by atomic mass is 10.1. The first-order valence-corrected chi connectivity index (χ1v) is 8.74. The molecule has 29 heavy (non-hydrogen) atoms. The Morgan fingerprint density at radius 1 is 1.10 bits per heavy atom. The van der Waals surface area contributed by atoms with Gasteiger partial charge >= 0.3 is 6.03 Å². The van der Waals surface area contributed by atoms with Crippen molar-refractivity contribution >= 4 is 29.2 Å². The highest BCUT2D eigenvalue weighted by Gasteiger charge is 2.36. The smallest absolute Gasteiger partial charge is 0.319 e. The number of urea groups is 1. The third-order valence-electron chi connectivity index (χ3n) is 4.36. The number of carbonyl (C=O) groups is 3. The van der Waals surface area contributed by atoms with Crippen molar-refractivity contribution in [2.75, 3.05) is 25.5 Å². The second-order valence-electron chi connectivity index (χ2n) is 6.21. The second kappa shape index (κ2) is 8.38. The van der Waals surface area contributed by atoms with Crippen LogP contribution in [0.25, 0.3) is 0 Å². The molecule has 0 unspecified atom stereocenters. The lowest BCUT2D eigenvalue weighted by Crippen LogP contribution is -2.35. The van der Waals surface area contributed by atoms with Gasteiger partial charge in [-0.1, -0.05) is 0 Å². The standard InChI is InChI=1S/C19H18N4O6/c1-29-14-6-3-12(4-7-14)21-19(26)20-9-2-10-22-17(24)15-8-5-13(23(27)28)11-16(15)18(22)25/h3-8,11H,2,9-10H2,1H3,(H2,20,21,26). The molecular weight excluding hydrogens is 380 g/mol. The number of anilines is 1. The number of benzene rings is 2. The molecule has 10 heteroatoms. The van der Waals surface area contributed by atoms with Gasteiger partial charge in [0.05, 0.1) is 23.2 Å². The predicted octanol–water partition coefficient (Wildman–Crippen LogP) is 2.41. The summed E-state index contributed by atoms with van der Waals surface area (Å²) in [4.78, 5) is 47.9. The Hall–Kier alpha value is -3.95. The van der Waals surface area contributed by atoms with E-state index in [1.54, 1.807) is 31.4 Å². The van der Waals surface area contributed by atoms with Crippen LogP contribution in [0.1, 0.15) is 27.1 Å². The number of hydrogen-bond acceptors (Lipinski definition) is 6. The Morgan fingerprint density at radius 3 is 2.45 bits per heavy atom. The molecule has 4 amide bonds. The molecule has 0 atom stereocenters. The Kier molecular flexibility index (Phi) is 5.72. The van der Waals surface area contributed by atoms with Gasteiger partial charge in [-0.25, -0.2) is 4.79 Å². The summed E-state index contributed by atoms with van der Waals surface area (Å²) in [6.07, 6.45) is 0.337. The van der Waals surface area contributed by atoms with Crippen LogP contribution < -0.4 is 15.4 Å². The van der Waals surface area contributed by atoms with Gasteiger partial charge in [-0.05, 0) is 36.8 Å². The van der Waals surface area contributed by atoms with Crippen LogP contribution in [0.15, 0.2) is 42.5 Å². The van der Waals surface area contributed by atoms with Crippen LogP contribution in [0.5, 0.6) is 5.75 Å². The van der Waals surface area contributed by atoms with E-state index < -0.39 is 22.8 Å². The molecule has 0 aliphatic carbocycles. The van der Waals surface area contributed by atoms with Crippen molar-refractivity contribution in [2.24, 2.45) is 0 Å². The Balaban J connectivity index is 1.49. The van der Waals surface area contributed by atoms with Crippen LogP contribution >= 0.6 is 0 Å². The van der Waals surface area contributed by atoms with Crippen molar-refractivity contribution in [2.45, 2.75) is 6.42 Å². The maximum absolute atomic E-state index is 12.4. The molecule has 0 fully saturated rings. The topological polar surface area (TPSA) is 131 Å². The van der Waals surface area contributed by atoms with Gasteiger partial charge in [-0.2, -0.15) is 0 Å². The average molecular weight is 398 g/mol. The molecule has 3 rings (SSSR count). The number of nitrogens with zero attached hydrogens (tertiary/aromatic N) is 2. The summed E-state index contributed by atoms with van der Waals surface area (Å²) in [5.74, 6) is -0.402. The fourth-order valence-electron chi connectivity index (χ4n) is 2.88. The van der Waals surface area contributed by atoms with E-state index in [4.69, 9.17) is 4.74 Å². The molecule has 1 heterocycles. The van der Waals surface area contributed by atoms with Gasteiger partial charge in [0.1, 0.15) is 5.75 Å². The Morgan fingerprint density at radius 2 is 1.79 bits per heavy atom. The fraction of sp³-hybridized carbons (Fsp3) is 0.211. The van der Waals surface area contributed by atoms with Gasteiger partial charge in [0, 0.05) is 30.9 Å². The van der Waals surface area contributed by atoms with Crippen LogP contribution in [-0.4, -0.2) is 47.9 Å². The summed E-state index contributed by atoms with van der Waals surface area (Å²) < 4.78 is 5.04. The third-order valence-corrected chi connectivity index (χ3v) is 4.36. The Bertz CT molecular complexity index is 973. The lowest BCUT2D eigenvalue weighted by Gasteiger charge is -2.14. The number of hydrogen-bond donors (Lipinski definition) is 2. The lowest BCUT2D eigenvalue weighted by molar-refractivity contribution is -0.384. The monoisotopic (exact) mass is 398 g/mol. The summed E-state index contributed by atoms with van der Waals surface area (Å²) in [7, 11) is 1.55. The minimum absolute atomic E-state index is 0.0226. The molecule has 0 bridgehead atoms. The van der Waals surface area contributed by atoms with Crippen LogP contribution in [0.4, 0.5) is 16.2 Å². The fourth-order valence-corrected chi connectivity index (χ4v) is 2.88. The van der Waals surface area contributed by atoms with Crippen molar-refractivity contribution in [1.82, 2.24) is 10.2 Å². The van der Waals surface area contributed by atoms with E-state index in [1.165, 1.54) is 12.1 Å². The number of imide groups is 1. The van der Waals surface area contributed by atoms with E-state index in [0.717, 1.165) is 11.0 Å². The van der Waals surface area contributed by atoms with Crippen LogP contribution in [0, 0.1) is 10.1 Å². The number of nitro groups is 1. The van der Waals surface area contributed by atoms with E-state index in [-0.39, 0.29) is 29.9 Å². The molecule has 0 saturated carbocycles. The maximum Gasteiger partial charge on any atom is 0.319 e. The zero-order valence-corrected chi connectivity index (χ0v) is 15.5. The molecule has 2 aromatic carbocycles. The number of amides is 4. The summed E-state index contributed by atoms with van der Waals surface area (Å²) in [6, 6.07) is 9.97. The molecule has 2 aromatic rings. The number of nitrogens with one attached hydrogen (secondary N) is 2. The van der Waals surface area contributed by atoms with Crippen molar-refractivity contribution < 1.29 is 24.0 Å². The highest BCUT2D eigenvalue weighted by Crippen LogP contribution is 2.26. The summed E-state index contributed by atoms with van der Waals surface area (Å²) in [5, 5.41) is 16.1. The molecule has 1 aliphatic rings. The van der Waals surface area contributed by atoms with Gasteiger partial charge in [0.15, 0.2) is 0 Å². The van der Waals surface area contributed by atoms with E-state index >= 15 is 0 Å². The highest BCUT2D eigenvalue weighted by molar-refractivity contribution is 6.21. The molecule has 150 valence electrons. The molecule has 1 aliphatic heterocycles. The quantitative estimate of drug-likeness (QED) is 0.319. The molecule has 2 N–H and O–H groups in total. The highest BCUT2D eigenvalue weighted by atomic mass is 16.6. The van der Waals surface area contributed by atoms with Crippen molar-refractivity contribution in [3.63, 3.8) is 0 Å². The number of non-ortho nitro benzene ring substituents is 1. The molecular formula is C19H18N4O6. The first-order valence-electron chi connectivity index (χ1n) is 8.74.